The van der Waals surface area contributed by atoms with Crippen molar-refractivity contribution in [3.05, 3.63) is 65.7 Å². The molecule has 0 saturated carbocycles. The van der Waals surface area contributed by atoms with Crippen LogP contribution < -0.4 is 5.73 Å². The number of amides is 1. The van der Waals surface area contributed by atoms with Crippen LogP contribution >= 0.6 is 11.8 Å². The van der Waals surface area contributed by atoms with Gasteiger partial charge in [-0.25, -0.2) is 4.79 Å². The molecule has 1 amide bonds. The van der Waals surface area contributed by atoms with Crippen LogP contribution in [0.3, 0.4) is 0 Å². The maximum Gasteiger partial charge on any atom is 0.341 e. The Morgan fingerprint density at radius 2 is 1.85 bits per heavy atom. The minimum absolute atomic E-state index is 0.0885. The maximum absolute atomic E-state index is 11.6. The number of benzene rings is 2. The Morgan fingerprint density at radius 1 is 1.05 bits per heavy atom. The second kappa shape index (κ2) is 5.65. The van der Waals surface area contributed by atoms with E-state index in [0.717, 1.165) is 24.0 Å². The van der Waals surface area contributed by atoms with Gasteiger partial charge in [0.2, 0.25) is 0 Å². The number of hydrogen-bond acceptors (Lipinski definition) is 2. The summed E-state index contributed by atoms with van der Waals surface area (Å²) in [5.41, 5.74) is 6.61. The third-order valence-electron chi connectivity index (χ3n) is 3.41. The molecule has 3 heteroatoms. The first-order valence-electron chi connectivity index (χ1n) is 6.67. The quantitative estimate of drug-likeness (QED) is 0.940. The van der Waals surface area contributed by atoms with Crippen molar-refractivity contribution in [1.29, 1.82) is 0 Å². The van der Waals surface area contributed by atoms with E-state index >= 15 is 0 Å². The lowest BCUT2D eigenvalue weighted by atomic mass is 9.90. The summed E-state index contributed by atoms with van der Waals surface area (Å²) in [6, 6.07) is 16.7. The predicted octanol–water partition coefficient (Wildman–Crippen LogP) is 2.94. The van der Waals surface area contributed by atoms with Crippen LogP contribution in [0.1, 0.15) is 17.5 Å². The van der Waals surface area contributed by atoms with E-state index in [4.69, 9.17) is 0 Å². The molecule has 0 bridgehead atoms. The average Bonchev–Trinajstić information content (AvgIpc) is 2.47. The van der Waals surface area contributed by atoms with Crippen LogP contribution in [0.5, 0.6) is 0 Å². The number of fused-ring (bicyclic) bond motifs is 1. The molecular formula is C17H16NOS+. The molecule has 100 valence electrons. The lowest BCUT2D eigenvalue weighted by molar-refractivity contribution is -0.295. The van der Waals surface area contributed by atoms with Crippen molar-refractivity contribution >= 4 is 23.2 Å². The van der Waals surface area contributed by atoms with Crippen molar-refractivity contribution in [1.82, 2.24) is 0 Å². The molecule has 0 spiro atoms. The van der Waals surface area contributed by atoms with Gasteiger partial charge in [-0.2, -0.15) is 0 Å². The first-order chi connectivity index (χ1) is 9.74. The molecule has 0 atom stereocenters. The average molecular weight is 282 g/mol. The van der Waals surface area contributed by atoms with Gasteiger partial charge in [-0.05, 0) is 48.2 Å². The van der Waals surface area contributed by atoms with Crippen molar-refractivity contribution in [2.75, 3.05) is 0 Å². The SMILES string of the molecule is [NH3+]C(=O)C1=CCCc2cc(Sc3ccccc3)ccc21. The molecule has 0 heterocycles. The molecule has 2 nitrogen and oxygen atoms in total. The van der Waals surface area contributed by atoms with Gasteiger partial charge in [0.05, 0.1) is 5.57 Å². The van der Waals surface area contributed by atoms with Crippen LogP contribution in [0.25, 0.3) is 5.57 Å². The second-order valence-corrected chi connectivity index (χ2v) is 5.96. The molecule has 1 aliphatic rings. The van der Waals surface area contributed by atoms with E-state index in [0.29, 0.717) is 0 Å². The van der Waals surface area contributed by atoms with E-state index < -0.39 is 0 Å². The van der Waals surface area contributed by atoms with Crippen LogP contribution in [-0.2, 0) is 11.2 Å². The molecule has 2 aromatic carbocycles. The predicted molar refractivity (Wildman–Crippen MR) is 81.2 cm³/mol. The molecule has 0 fully saturated rings. The Hall–Kier alpha value is -1.84. The number of hydrogen-bond donors (Lipinski definition) is 1. The first kappa shape index (κ1) is 13.2. The van der Waals surface area contributed by atoms with Gasteiger partial charge in [-0.1, -0.05) is 42.1 Å². The molecule has 1 aliphatic carbocycles. The van der Waals surface area contributed by atoms with Crippen LogP contribution in [0, 0.1) is 0 Å². The molecule has 3 rings (SSSR count). The largest absolute Gasteiger partial charge is 0.341 e. The van der Waals surface area contributed by atoms with E-state index in [1.807, 2.05) is 24.3 Å². The number of rotatable bonds is 3. The van der Waals surface area contributed by atoms with Gasteiger partial charge in [0, 0.05) is 9.79 Å². The van der Waals surface area contributed by atoms with Crippen molar-refractivity contribution in [3.63, 3.8) is 0 Å². The Labute approximate surface area is 122 Å². The zero-order valence-corrected chi connectivity index (χ0v) is 12.0. The molecule has 0 aromatic heterocycles. The van der Waals surface area contributed by atoms with Crippen molar-refractivity contribution in [3.8, 4) is 0 Å². The van der Waals surface area contributed by atoms with E-state index in [1.54, 1.807) is 11.8 Å². The van der Waals surface area contributed by atoms with E-state index in [9.17, 15) is 4.79 Å². The third kappa shape index (κ3) is 2.69. The van der Waals surface area contributed by atoms with Crippen molar-refractivity contribution in [2.24, 2.45) is 0 Å². The van der Waals surface area contributed by atoms with Crippen molar-refractivity contribution < 1.29 is 10.5 Å². The summed E-state index contributed by atoms with van der Waals surface area (Å²) < 4.78 is 0. The number of allylic oxidation sites excluding steroid dienone is 1. The summed E-state index contributed by atoms with van der Waals surface area (Å²) in [7, 11) is 0. The monoisotopic (exact) mass is 282 g/mol. The molecule has 3 N–H and O–H groups in total. The van der Waals surface area contributed by atoms with Crippen LogP contribution in [0.15, 0.2) is 64.4 Å². The number of carbonyl (C=O) groups excluding carboxylic acids is 1. The lowest BCUT2D eigenvalue weighted by Gasteiger charge is -2.15. The van der Waals surface area contributed by atoms with Gasteiger partial charge < -0.3 is 0 Å². The van der Waals surface area contributed by atoms with Crippen LogP contribution in [0.2, 0.25) is 0 Å². The Bertz CT molecular complexity index is 677. The molecule has 20 heavy (non-hydrogen) atoms. The van der Waals surface area contributed by atoms with E-state index in [1.165, 1.54) is 15.4 Å². The minimum Gasteiger partial charge on any atom is -0.290 e. The molecule has 0 aliphatic heterocycles. The topological polar surface area (TPSA) is 44.7 Å². The van der Waals surface area contributed by atoms with E-state index in [2.05, 4.69) is 36.1 Å². The highest BCUT2D eigenvalue weighted by atomic mass is 32.2. The summed E-state index contributed by atoms with van der Waals surface area (Å²) >= 11 is 1.75. The first-order valence-corrected chi connectivity index (χ1v) is 7.48. The fourth-order valence-corrected chi connectivity index (χ4v) is 3.38. The summed E-state index contributed by atoms with van der Waals surface area (Å²) in [6.45, 7) is 0. The third-order valence-corrected chi connectivity index (χ3v) is 4.41. The standard InChI is InChI=1S/C17H15NOS/c18-17(19)16-8-4-5-12-11-14(9-10-15(12)16)20-13-6-2-1-3-7-13/h1-3,6-11H,4-5H2,(H2,18,19)/p+1. The Balaban J connectivity index is 1.91. The summed E-state index contributed by atoms with van der Waals surface area (Å²) in [4.78, 5) is 14.0. The van der Waals surface area contributed by atoms with Gasteiger partial charge in [-0.3, -0.25) is 5.73 Å². The van der Waals surface area contributed by atoms with Crippen LogP contribution in [0.4, 0.5) is 0 Å². The van der Waals surface area contributed by atoms with Gasteiger partial charge >= 0.3 is 5.91 Å². The molecule has 0 radical (unpaired) electrons. The van der Waals surface area contributed by atoms with Gasteiger partial charge in [-0.15, -0.1) is 0 Å². The Kier molecular flexibility index (Phi) is 3.72. The fraction of sp³-hybridized carbons (Fsp3) is 0.118. The highest BCUT2D eigenvalue weighted by molar-refractivity contribution is 7.99. The second-order valence-electron chi connectivity index (χ2n) is 4.81. The smallest absolute Gasteiger partial charge is 0.290 e. The van der Waals surface area contributed by atoms with Gasteiger partial charge in [0.25, 0.3) is 0 Å². The molecule has 0 saturated heterocycles. The number of aryl methyl sites for hydroxylation is 1. The fourth-order valence-electron chi connectivity index (χ4n) is 2.47. The highest BCUT2D eigenvalue weighted by Crippen LogP contribution is 2.33. The van der Waals surface area contributed by atoms with E-state index in [-0.39, 0.29) is 5.91 Å². The summed E-state index contributed by atoms with van der Waals surface area (Å²) in [5.74, 6) is -0.0885. The highest BCUT2D eigenvalue weighted by Gasteiger charge is 2.19. The van der Waals surface area contributed by atoms with Crippen molar-refractivity contribution in [2.45, 2.75) is 22.6 Å². The lowest BCUT2D eigenvalue weighted by Crippen LogP contribution is -2.57. The zero-order chi connectivity index (χ0) is 13.9. The summed E-state index contributed by atoms with van der Waals surface area (Å²) in [6.07, 6.45) is 3.92. The normalized spacial score (nSPS) is 13.6. The van der Waals surface area contributed by atoms with Gasteiger partial charge in [0.15, 0.2) is 0 Å². The van der Waals surface area contributed by atoms with Gasteiger partial charge in [0.1, 0.15) is 0 Å². The minimum atomic E-state index is -0.0885. The summed E-state index contributed by atoms with van der Waals surface area (Å²) in [5, 5.41) is 0. The number of carbonyl (C=O) groups is 1. The van der Waals surface area contributed by atoms with Crippen LogP contribution in [-0.4, -0.2) is 5.91 Å². The zero-order valence-electron chi connectivity index (χ0n) is 11.1. The Morgan fingerprint density at radius 3 is 2.60 bits per heavy atom. The maximum atomic E-state index is 11.6. The molecule has 2 aromatic rings. The number of quaternary nitrogens is 1. The molecule has 0 unspecified atom stereocenters. The molecular weight excluding hydrogens is 266 g/mol.